The lowest BCUT2D eigenvalue weighted by Gasteiger charge is -2.14. The Kier molecular flexibility index (Phi) is 4.55. The van der Waals surface area contributed by atoms with Crippen LogP contribution in [0.2, 0.25) is 0 Å². The molecule has 0 radical (unpaired) electrons. The Morgan fingerprint density at radius 3 is 2.86 bits per heavy atom. The molecular weight excluding hydrogens is 360 g/mol. The highest BCUT2D eigenvalue weighted by atomic mass is 16.4. The van der Waals surface area contributed by atoms with E-state index in [4.69, 9.17) is 0 Å². The molecule has 0 spiro atoms. The van der Waals surface area contributed by atoms with Crippen molar-refractivity contribution in [2.75, 3.05) is 0 Å². The molecule has 0 saturated heterocycles. The second-order valence-corrected chi connectivity index (χ2v) is 6.11. The van der Waals surface area contributed by atoms with Crippen LogP contribution < -0.4 is 5.32 Å². The highest BCUT2D eigenvalue weighted by molar-refractivity contribution is 5.95. The van der Waals surface area contributed by atoms with Gasteiger partial charge in [-0.1, -0.05) is 6.07 Å². The van der Waals surface area contributed by atoms with E-state index in [2.05, 4.69) is 25.4 Å². The van der Waals surface area contributed by atoms with Crippen molar-refractivity contribution in [3.63, 3.8) is 0 Å². The van der Waals surface area contributed by atoms with Crippen LogP contribution in [0.25, 0.3) is 16.9 Å². The third kappa shape index (κ3) is 3.45. The molecule has 0 bridgehead atoms. The van der Waals surface area contributed by atoms with Crippen molar-refractivity contribution in [3.05, 3.63) is 72.4 Å². The molecule has 4 aromatic rings. The second kappa shape index (κ2) is 7.31. The number of carboxylic acids is 1. The maximum Gasteiger partial charge on any atom is 0.326 e. The summed E-state index contributed by atoms with van der Waals surface area (Å²) in [4.78, 5) is 35.7. The molecule has 0 aromatic carbocycles. The van der Waals surface area contributed by atoms with E-state index in [1.165, 1.54) is 10.7 Å². The van der Waals surface area contributed by atoms with Crippen LogP contribution in [-0.4, -0.2) is 47.8 Å². The number of hydrogen-bond acceptors (Lipinski definition) is 5. The van der Waals surface area contributed by atoms with Gasteiger partial charge in [0.05, 0.1) is 0 Å². The van der Waals surface area contributed by atoms with Crippen LogP contribution in [0, 0.1) is 0 Å². The third-order valence-electron chi connectivity index (χ3n) is 4.27. The van der Waals surface area contributed by atoms with E-state index in [1.807, 2.05) is 6.07 Å². The minimum atomic E-state index is -1.13. The molecule has 4 rings (SSSR count). The SMILES string of the molecule is O=C(NC(Cc1c[nH]c2ncccc12)C(=O)O)c1cccc(-n2cccn2)n1. The number of carboxylic acid groups (broad SMARTS) is 1. The van der Waals surface area contributed by atoms with E-state index in [9.17, 15) is 14.7 Å². The molecule has 0 aliphatic carbocycles. The molecule has 9 nitrogen and oxygen atoms in total. The minimum Gasteiger partial charge on any atom is -0.480 e. The van der Waals surface area contributed by atoms with Gasteiger partial charge in [0.1, 0.15) is 17.4 Å². The fourth-order valence-electron chi connectivity index (χ4n) is 2.92. The topological polar surface area (TPSA) is 126 Å². The Balaban J connectivity index is 1.54. The molecule has 140 valence electrons. The monoisotopic (exact) mass is 376 g/mol. The van der Waals surface area contributed by atoms with Gasteiger partial charge in [0, 0.05) is 36.6 Å². The molecule has 4 heterocycles. The van der Waals surface area contributed by atoms with Crippen LogP contribution in [0.4, 0.5) is 0 Å². The minimum absolute atomic E-state index is 0.111. The van der Waals surface area contributed by atoms with Gasteiger partial charge >= 0.3 is 5.97 Å². The number of amides is 1. The van der Waals surface area contributed by atoms with E-state index in [0.717, 1.165) is 10.9 Å². The van der Waals surface area contributed by atoms with Gasteiger partial charge in [-0.15, -0.1) is 0 Å². The van der Waals surface area contributed by atoms with Gasteiger partial charge < -0.3 is 15.4 Å². The molecule has 3 N–H and O–H groups in total. The summed E-state index contributed by atoms with van der Waals surface area (Å²) < 4.78 is 1.52. The number of fused-ring (bicyclic) bond motifs is 1. The van der Waals surface area contributed by atoms with Crippen molar-refractivity contribution in [2.24, 2.45) is 0 Å². The van der Waals surface area contributed by atoms with Crippen molar-refractivity contribution in [3.8, 4) is 5.82 Å². The molecule has 28 heavy (non-hydrogen) atoms. The highest BCUT2D eigenvalue weighted by Crippen LogP contribution is 2.17. The summed E-state index contributed by atoms with van der Waals surface area (Å²) in [6, 6.07) is 9.16. The van der Waals surface area contributed by atoms with Crippen LogP contribution in [0.5, 0.6) is 0 Å². The predicted molar refractivity (Wildman–Crippen MR) is 100 cm³/mol. The number of nitrogens with zero attached hydrogens (tertiary/aromatic N) is 4. The summed E-state index contributed by atoms with van der Waals surface area (Å²) in [7, 11) is 0. The van der Waals surface area contributed by atoms with E-state index in [0.29, 0.717) is 11.5 Å². The Hall–Kier alpha value is -4.01. The van der Waals surface area contributed by atoms with Gasteiger partial charge in [-0.3, -0.25) is 4.79 Å². The van der Waals surface area contributed by atoms with Crippen LogP contribution in [0.15, 0.2) is 61.2 Å². The molecule has 1 atom stereocenters. The first-order valence-corrected chi connectivity index (χ1v) is 8.53. The zero-order valence-corrected chi connectivity index (χ0v) is 14.6. The van der Waals surface area contributed by atoms with E-state index in [1.54, 1.807) is 49.1 Å². The van der Waals surface area contributed by atoms with E-state index in [-0.39, 0.29) is 12.1 Å². The van der Waals surface area contributed by atoms with Gasteiger partial charge in [0.2, 0.25) is 0 Å². The zero-order valence-electron chi connectivity index (χ0n) is 14.6. The molecule has 1 amide bonds. The quantitative estimate of drug-likeness (QED) is 0.469. The number of aromatic nitrogens is 5. The first-order valence-electron chi connectivity index (χ1n) is 8.53. The number of H-pyrrole nitrogens is 1. The third-order valence-corrected chi connectivity index (χ3v) is 4.27. The smallest absolute Gasteiger partial charge is 0.326 e. The van der Waals surface area contributed by atoms with Crippen LogP contribution in [-0.2, 0) is 11.2 Å². The Labute approximate surface area is 159 Å². The van der Waals surface area contributed by atoms with Gasteiger partial charge in [0.15, 0.2) is 5.82 Å². The first kappa shape index (κ1) is 17.4. The molecule has 0 fully saturated rings. The predicted octanol–water partition coefficient (Wildman–Crippen LogP) is 1.57. The van der Waals surface area contributed by atoms with Crippen LogP contribution in [0.3, 0.4) is 0 Å². The largest absolute Gasteiger partial charge is 0.480 e. The molecular formula is C19H16N6O3. The van der Waals surface area contributed by atoms with Gasteiger partial charge in [-0.05, 0) is 35.9 Å². The van der Waals surface area contributed by atoms with Crippen molar-refractivity contribution in [1.29, 1.82) is 0 Å². The van der Waals surface area contributed by atoms with Gasteiger partial charge in [-0.25, -0.2) is 19.4 Å². The Morgan fingerprint density at radius 1 is 1.18 bits per heavy atom. The summed E-state index contributed by atoms with van der Waals surface area (Å²) in [6.45, 7) is 0. The fraction of sp³-hybridized carbons (Fsp3) is 0.105. The number of pyridine rings is 2. The number of carbonyl (C=O) groups excluding carboxylic acids is 1. The maximum atomic E-state index is 12.6. The normalized spacial score (nSPS) is 12.0. The molecule has 0 saturated carbocycles. The number of rotatable bonds is 6. The lowest BCUT2D eigenvalue weighted by atomic mass is 10.1. The fourth-order valence-corrected chi connectivity index (χ4v) is 2.92. The summed E-state index contributed by atoms with van der Waals surface area (Å²) in [6.07, 6.45) is 6.78. The van der Waals surface area contributed by atoms with Crippen molar-refractivity contribution in [2.45, 2.75) is 12.5 Å². The molecule has 9 heteroatoms. The van der Waals surface area contributed by atoms with Gasteiger partial charge in [-0.2, -0.15) is 5.10 Å². The summed E-state index contributed by atoms with van der Waals surface area (Å²) in [5, 5.41) is 17.0. The molecule has 0 aliphatic rings. The second-order valence-electron chi connectivity index (χ2n) is 6.11. The van der Waals surface area contributed by atoms with Crippen molar-refractivity contribution in [1.82, 2.24) is 30.0 Å². The standard InChI is InChI=1S/C19H16N6O3/c26-18(14-5-1-6-16(23-14)25-9-3-8-22-25)24-15(19(27)28)10-12-11-21-17-13(12)4-2-7-20-17/h1-9,11,15H,10H2,(H,20,21)(H,24,26)(H,27,28). The zero-order chi connectivity index (χ0) is 19.5. The van der Waals surface area contributed by atoms with Crippen molar-refractivity contribution >= 4 is 22.9 Å². The first-order chi connectivity index (χ1) is 13.6. The maximum absolute atomic E-state index is 12.6. The van der Waals surface area contributed by atoms with E-state index >= 15 is 0 Å². The van der Waals surface area contributed by atoms with Crippen LogP contribution in [0.1, 0.15) is 16.1 Å². The number of aliphatic carboxylic acids is 1. The van der Waals surface area contributed by atoms with Gasteiger partial charge in [0.25, 0.3) is 5.91 Å². The number of nitrogens with one attached hydrogen (secondary N) is 2. The Morgan fingerprint density at radius 2 is 2.07 bits per heavy atom. The lowest BCUT2D eigenvalue weighted by Crippen LogP contribution is -2.42. The van der Waals surface area contributed by atoms with Crippen molar-refractivity contribution < 1.29 is 14.7 Å². The number of aromatic amines is 1. The molecule has 0 aliphatic heterocycles. The number of hydrogen-bond donors (Lipinski definition) is 3. The number of carbonyl (C=O) groups is 2. The van der Waals surface area contributed by atoms with Crippen LogP contribution >= 0.6 is 0 Å². The highest BCUT2D eigenvalue weighted by Gasteiger charge is 2.23. The summed E-state index contributed by atoms with van der Waals surface area (Å²) >= 11 is 0. The van der Waals surface area contributed by atoms with E-state index < -0.39 is 17.9 Å². The average molecular weight is 376 g/mol. The molecule has 1 unspecified atom stereocenters. The lowest BCUT2D eigenvalue weighted by molar-refractivity contribution is -0.139. The molecule has 4 aromatic heterocycles. The summed E-state index contributed by atoms with van der Waals surface area (Å²) in [5.74, 6) is -1.23. The average Bonchev–Trinajstić information content (AvgIpc) is 3.38. The summed E-state index contributed by atoms with van der Waals surface area (Å²) in [5.41, 5.74) is 1.54. The Bertz CT molecular complexity index is 1140.